The molecule has 0 atom stereocenters. The monoisotopic (exact) mass is 530 g/mol. The van der Waals surface area contributed by atoms with E-state index in [1.54, 1.807) is 37.4 Å². The van der Waals surface area contributed by atoms with E-state index < -0.39 is 5.91 Å². The second kappa shape index (κ2) is 9.76. The zero-order chi connectivity index (χ0) is 23.5. The Morgan fingerprint density at radius 1 is 1.21 bits per heavy atom. The van der Waals surface area contributed by atoms with E-state index in [9.17, 15) is 9.59 Å². The number of pyridine rings is 1. The number of hydrazone groups is 1. The number of hydrogen-bond donors (Lipinski definition) is 2. The number of nitrogens with one attached hydrogen (secondary N) is 2. The predicted octanol–water partition coefficient (Wildman–Crippen LogP) is 5.13. The number of amides is 2. The minimum absolute atomic E-state index is 0.180. The minimum Gasteiger partial charge on any atom is -0.495 e. The van der Waals surface area contributed by atoms with Crippen LogP contribution < -0.4 is 15.5 Å². The molecule has 0 saturated heterocycles. The van der Waals surface area contributed by atoms with Gasteiger partial charge in [-0.15, -0.1) is 0 Å². The highest BCUT2D eigenvalue weighted by Gasteiger charge is 2.28. The van der Waals surface area contributed by atoms with Crippen molar-refractivity contribution in [3.05, 3.63) is 74.4 Å². The smallest absolute Gasteiger partial charge is 0.291 e. The van der Waals surface area contributed by atoms with Gasteiger partial charge in [-0.05, 0) is 60.0 Å². The van der Waals surface area contributed by atoms with E-state index in [0.29, 0.717) is 56.4 Å². The molecule has 4 rings (SSSR count). The van der Waals surface area contributed by atoms with Crippen LogP contribution in [0.4, 0.5) is 5.69 Å². The topological polar surface area (TPSA) is 106 Å². The molecule has 2 amide bonds. The van der Waals surface area contributed by atoms with E-state index in [1.807, 2.05) is 0 Å². The summed E-state index contributed by atoms with van der Waals surface area (Å²) in [6.45, 7) is 1.80. The molecule has 0 fully saturated rings. The van der Waals surface area contributed by atoms with Gasteiger partial charge in [0.05, 0.1) is 24.1 Å². The van der Waals surface area contributed by atoms with Gasteiger partial charge in [-0.1, -0.05) is 11.6 Å². The van der Waals surface area contributed by atoms with E-state index in [2.05, 4.69) is 36.8 Å². The molecule has 170 valence electrons. The molecule has 10 heteroatoms. The van der Waals surface area contributed by atoms with Gasteiger partial charge < -0.3 is 14.5 Å². The average Bonchev–Trinajstić information content (AvgIpc) is 3.15. The van der Waals surface area contributed by atoms with Gasteiger partial charge in [-0.3, -0.25) is 14.6 Å². The van der Waals surface area contributed by atoms with E-state index in [-0.39, 0.29) is 11.7 Å². The number of carbonyl (C=O) groups excluding carboxylic acids is 2. The lowest BCUT2D eigenvalue weighted by molar-refractivity contribution is 0.0953. The van der Waals surface area contributed by atoms with Crippen LogP contribution >= 0.6 is 27.5 Å². The van der Waals surface area contributed by atoms with Gasteiger partial charge in [0.25, 0.3) is 11.8 Å². The van der Waals surface area contributed by atoms with Gasteiger partial charge in [-0.2, -0.15) is 5.10 Å². The number of aromatic nitrogens is 1. The molecule has 1 aromatic carbocycles. The van der Waals surface area contributed by atoms with Gasteiger partial charge in [-0.25, -0.2) is 5.43 Å². The van der Waals surface area contributed by atoms with Crippen LogP contribution in [0.2, 0.25) is 5.02 Å². The normalized spacial score (nSPS) is 14.0. The van der Waals surface area contributed by atoms with Gasteiger partial charge in [0.1, 0.15) is 11.5 Å². The Balaban J connectivity index is 1.59. The number of benzene rings is 1. The number of ether oxygens (including phenoxy) is 1. The molecule has 0 saturated carbocycles. The van der Waals surface area contributed by atoms with Crippen LogP contribution in [-0.4, -0.2) is 29.6 Å². The van der Waals surface area contributed by atoms with Crippen LogP contribution in [0.3, 0.4) is 0 Å². The first-order valence-corrected chi connectivity index (χ1v) is 11.3. The summed E-state index contributed by atoms with van der Waals surface area (Å²) in [4.78, 5) is 29.4. The number of rotatable bonds is 5. The van der Waals surface area contributed by atoms with Crippen molar-refractivity contribution in [3.8, 4) is 5.75 Å². The van der Waals surface area contributed by atoms with Crippen molar-refractivity contribution < 1.29 is 18.7 Å². The number of anilines is 1. The third-order valence-corrected chi connectivity index (χ3v) is 5.87. The Kier molecular flexibility index (Phi) is 6.80. The fourth-order valence-electron chi connectivity index (χ4n) is 3.67. The van der Waals surface area contributed by atoms with Crippen molar-refractivity contribution in [3.63, 3.8) is 0 Å². The highest BCUT2D eigenvalue weighted by Crippen LogP contribution is 2.32. The van der Waals surface area contributed by atoms with Gasteiger partial charge in [0, 0.05) is 39.4 Å². The van der Waals surface area contributed by atoms with Crippen molar-refractivity contribution in [1.29, 1.82) is 0 Å². The summed E-state index contributed by atoms with van der Waals surface area (Å²) in [7, 11) is 1.51. The molecule has 1 aliphatic rings. The molecule has 2 N–H and O–H groups in total. The summed E-state index contributed by atoms with van der Waals surface area (Å²) >= 11 is 9.36. The highest BCUT2D eigenvalue weighted by molar-refractivity contribution is 9.10. The van der Waals surface area contributed by atoms with Crippen molar-refractivity contribution >= 4 is 50.7 Å². The molecule has 1 aliphatic carbocycles. The maximum Gasteiger partial charge on any atom is 0.291 e. The average molecular weight is 532 g/mol. The first-order valence-electron chi connectivity index (χ1n) is 10.1. The summed E-state index contributed by atoms with van der Waals surface area (Å²) in [5, 5.41) is 7.59. The standard InChI is InChI=1S/C23H20BrClN4O4/c1-12-20-16(28-29-22(30)13-8-14(24)11-26-10-13)4-3-5-19(20)33-21(12)23(31)27-17-9-15(25)6-7-18(17)32-2/h6-11H,3-5H2,1-2H3,(H,27,31)(H,29,30)/b28-16+. The Morgan fingerprint density at radius 3 is 2.79 bits per heavy atom. The van der Waals surface area contributed by atoms with Crippen molar-refractivity contribution in [2.75, 3.05) is 12.4 Å². The third-order valence-electron chi connectivity index (χ3n) is 5.20. The fraction of sp³-hybridized carbons (Fsp3) is 0.217. The Bertz CT molecular complexity index is 1270. The SMILES string of the molecule is COc1ccc(Cl)cc1NC(=O)c1oc2c(c1C)/C(=N/NC(=O)c1cncc(Br)c1)CCC2. The number of aryl methyl sites for hydroxylation is 1. The van der Waals surface area contributed by atoms with Crippen LogP contribution in [0.1, 0.15) is 50.6 Å². The van der Waals surface area contributed by atoms with Crippen LogP contribution in [0.5, 0.6) is 5.75 Å². The number of halogens is 2. The number of hydrogen-bond acceptors (Lipinski definition) is 6. The third kappa shape index (κ3) is 4.94. The summed E-state index contributed by atoms with van der Waals surface area (Å²) in [5.41, 5.74) is 5.46. The predicted molar refractivity (Wildman–Crippen MR) is 128 cm³/mol. The van der Waals surface area contributed by atoms with E-state index in [0.717, 1.165) is 12.0 Å². The largest absolute Gasteiger partial charge is 0.495 e. The molecule has 0 bridgehead atoms. The molecule has 2 heterocycles. The minimum atomic E-state index is -0.425. The number of methoxy groups -OCH3 is 1. The first kappa shape index (κ1) is 23.0. The molecule has 0 unspecified atom stereocenters. The Morgan fingerprint density at radius 2 is 2.03 bits per heavy atom. The second-order valence-corrected chi connectivity index (χ2v) is 8.75. The molecule has 0 radical (unpaired) electrons. The molecule has 33 heavy (non-hydrogen) atoms. The van der Waals surface area contributed by atoms with E-state index in [4.69, 9.17) is 20.8 Å². The van der Waals surface area contributed by atoms with Crippen molar-refractivity contribution in [1.82, 2.24) is 10.4 Å². The molecule has 0 spiro atoms. The molecular formula is C23H20BrClN4O4. The van der Waals surface area contributed by atoms with Gasteiger partial charge in [0.2, 0.25) is 0 Å². The summed E-state index contributed by atoms with van der Waals surface area (Å²) < 4.78 is 11.9. The summed E-state index contributed by atoms with van der Waals surface area (Å²) in [6, 6.07) is 6.61. The first-order chi connectivity index (χ1) is 15.9. The quantitative estimate of drug-likeness (QED) is 0.444. The number of nitrogens with zero attached hydrogens (tertiary/aromatic N) is 2. The lowest BCUT2D eigenvalue weighted by atomic mass is 9.93. The Hall–Kier alpha value is -3.17. The lowest BCUT2D eigenvalue weighted by Gasteiger charge is -2.13. The Labute approximate surface area is 203 Å². The van der Waals surface area contributed by atoms with Crippen LogP contribution in [0.25, 0.3) is 0 Å². The second-order valence-electron chi connectivity index (χ2n) is 7.40. The van der Waals surface area contributed by atoms with Crippen molar-refractivity contribution in [2.45, 2.75) is 26.2 Å². The van der Waals surface area contributed by atoms with Crippen LogP contribution in [-0.2, 0) is 6.42 Å². The van der Waals surface area contributed by atoms with E-state index >= 15 is 0 Å². The molecule has 3 aromatic rings. The maximum atomic E-state index is 13.0. The number of fused-ring (bicyclic) bond motifs is 1. The summed E-state index contributed by atoms with van der Waals surface area (Å²) in [5.74, 6) is 0.522. The van der Waals surface area contributed by atoms with Gasteiger partial charge in [0.15, 0.2) is 5.76 Å². The zero-order valence-corrected chi connectivity index (χ0v) is 20.2. The molecule has 0 aliphatic heterocycles. The molecule has 8 nitrogen and oxygen atoms in total. The zero-order valence-electron chi connectivity index (χ0n) is 17.9. The fourth-order valence-corrected chi connectivity index (χ4v) is 4.21. The van der Waals surface area contributed by atoms with Crippen molar-refractivity contribution in [2.24, 2.45) is 5.10 Å². The maximum absolute atomic E-state index is 13.0. The molecule has 2 aromatic heterocycles. The van der Waals surface area contributed by atoms with Crippen LogP contribution in [0.15, 0.2) is 50.7 Å². The highest BCUT2D eigenvalue weighted by atomic mass is 79.9. The number of carbonyl (C=O) groups is 2. The summed E-state index contributed by atoms with van der Waals surface area (Å²) in [6.07, 6.45) is 5.16. The lowest BCUT2D eigenvalue weighted by Crippen LogP contribution is -2.22. The van der Waals surface area contributed by atoms with E-state index in [1.165, 1.54) is 13.3 Å². The number of furan rings is 1. The molecular weight excluding hydrogens is 512 g/mol. The van der Waals surface area contributed by atoms with Gasteiger partial charge >= 0.3 is 0 Å². The van der Waals surface area contributed by atoms with Crippen LogP contribution in [0, 0.1) is 6.92 Å².